The third kappa shape index (κ3) is 4.02. The van der Waals surface area contributed by atoms with Gasteiger partial charge < -0.3 is 10.2 Å². The van der Waals surface area contributed by atoms with E-state index in [9.17, 15) is 0 Å². The van der Waals surface area contributed by atoms with Crippen molar-refractivity contribution in [2.75, 3.05) is 23.8 Å². The highest BCUT2D eigenvalue weighted by Crippen LogP contribution is 2.22. The predicted molar refractivity (Wildman–Crippen MR) is 83.1 cm³/mol. The van der Waals surface area contributed by atoms with Crippen LogP contribution in [0.15, 0.2) is 15.2 Å². The average Bonchev–Trinajstić information content (AvgIpc) is 2.74. The molecule has 5 nitrogen and oxygen atoms in total. The molecule has 0 fully saturated rings. The first kappa shape index (κ1) is 14.5. The molecule has 0 aromatic carbocycles. The Morgan fingerprint density at radius 3 is 2.84 bits per heavy atom. The van der Waals surface area contributed by atoms with Crippen LogP contribution >= 0.6 is 38.9 Å². The van der Waals surface area contributed by atoms with Gasteiger partial charge in [0.15, 0.2) is 0 Å². The summed E-state index contributed by atoms with van der Waals surface area (Å²) < 4.78 is 1.11. The Kier molecular flexibility index (Phi) is 4.95. The Morgan fingerprint density at radius 2 is 2.21 bits per heavy atom. The van der Waals surface area contributed by atoms with Gasteiger partial charge in [0, 0.05) is 20.1 Å². The highest BCUT2D eigenvalue weighted by Gasteiger charge is 2.10. The summed E-state index contributed by atoms with van der Waals surface area (Å²) in [5, 5.41) is 5.32. The van der Waals surface area contributed by atoms with Crippen LogP contribution in [-0.2, 0) is 6.54 Å². The molecular formula is C11H13BrClN5S. The first-order valence-electron chi connectivity index (χ1n) is 5.68. The standard InChI is InChI=1S/C11H13BrClN5S/c1-3-14-10-15-9(13)16-11(17-10)18(2)5-7-4-8(12)19-6-7/h4,6H,3,5H2,1-2H3,(H,14,15,16,17). The van der Waals surface area contributed by atoms with E-state index in [1.165, 1.54) is 5.56 Å². The molecule has 0 unspecified atom stereocenters. The van der Waals surface area contributed by atoms with E-state index in [2.05, 4.69) is 47.6 Å². The minimum atomic E-state index is 0.194. The van der Waals surface area contributed by atoms with Crippen LogP contribution in [-0.4, -0.2) is 28.5 Å². The van der Waals surface area contributed by atoms with E-state index in [1.54, 1.807) is 11.3 Å². The van der Waals surface area contributed by atoms with Gasteiger partial charge in [-0.15, -0.1) is 11.3 Å². The molecule has 0 aliphatic rings. The van der Waals surface area contributed by atoms with Crippen molar-refractivity contribution in [2.24, 2.45) is 0 Å². The maximum Gasteiger partial charge on any atom is 0.231 e. The highest BCUT2D eigenvalue weighted by molar-refractivity contribution is 9.11. The molecule has 1 N–H and O–H groups in total. The predicted octanol–water partition coefficient (Wildman–Crippen LogP) is 3.42. The zero-order valence-corrected chi connectivity index (χ0v) is 13.7. The van der Waals surface area contributed by atoms with Gasteiger partial charge in [-0.3, -0.25) is 0 Å². The summed E-state index contributed by atoms with van der Waals surface area (Å²) in [4.78, 5) is 14.4. The normalized spacial score (nSPS) is 10.5. The molecule has 2 aromatic heterocycles. The van der Waals surface area contributed by atoms with Crippen molar-refractivity contribution in [1.29, 1.82) is 0 Å². The van der Waals surface area contributed by atoms with Gasteiger partial charge in [0.2, 0.25) is 17.2 Å². The summed E-state index contributed by atoms with van der Waals surface area (Å²) in [5.41, 5.74) is 1.20. The first-order chi connectivity index (χ1) is 9.08. The van der Waals surface area contributed by atoms with Gasteiger partial charge >= 0.3 is 0 Å². The van der Waals surface area contributed by atoms with Gasteiger partial charge in [-0.1, -0.05) is 0 Å². The molecule has 8 heteroatoms. The van der Waals surface area contributed by atoms with Crippen LogP contribution in [0.2, 0.25) is 5.28 Å². The van der Waals surface area contributed by atoms with E-state index in [0.717, 1.165) is 10.3 Å². The maximum atomic E-state index is 5.90. The summed E-state index contributed by atoms with van der Waals surface area (Å²) in [7, 11) is 1.92. The second-order valence-electron chi connectivity index (χ2n) is 3.87. The van der Waals surface area contributed by atoms with Crippen LogP contribution in [0.4, 0.5) is 11.9 Å². The van der Waals surface area contributed by atoms with Crippen LogP contribution in [0.25, 0.3) is 0 Å². The van der Waals surface area contributed by atoms with Gasteiger partial charge in [0.1, 0.15) is 0 Å². The van der Waals surface area contributed by atoms with Crippen molar-refractivity contribution in [2.45, 2.75) is 13.5 Å². The molecule has 2 rings (SSSR count). The second kappa shape index (κ2) is 6.49. The fraction of sp³-hybridized carbons (Fsp3) is 0.364. The van der Waals surface area contributed by atoms with Crippen molar-refractivity contribution >= 4 is 50.8 Å². The lowest BCUT2D eigenvalue weighted by Crippen LogP contribution is -2.20. The lowest BCUT2D eigenvalue weighted by molar-refractivity contribution is 0.854. The molecule has 0 saturated carbocycles. The Balaban J connectivity index is 2.15. The van der Waals surface area contributed by atoms with Gasteiger partial charge in [0.25, 0.3) is 0 Å². The molecule has 2 heterocycles. The molecule has 0 radical (unpaired) electrons. The zero-order valence-electron chi connectivity index (χ0n) is 10.5. The number of nitrogens with zero attached hydrogens (tertiary/aromatic N) is 4. The third-order valence-electron chi connectivity index (χ3n) is 2.31. The fourth-order valence-electron chi connectivity index (χ4n) is 1.52. The maximum absolute atomic E-state index is 5.90. The van der Waals surface area contributed by atoms with E-state index in [1.807, 2.05) is 18.9 Å². The summed E-state index contributed by atoms with van der Waals surface area (Å²) in [6, 6.07) is 2.08. The number of rotatable bonds is 5. The number of thiophene rings is 1. The number of anilines is 2. The number of halogens is 2. The smallest absolute Gasteiger partial charge is 0.231 e. The molecule has 0 saturated heterocycles. The molecule has 0 spiro atoms. The minimum absolute atomic E-state index is 0.194. The lowest BCUT2D eigenvalue weighted by atomic mass is 10.3. The van der Waals surface area contributed by atoms with E-state index in [4.69, 9.17) is 11.6 Å². The third-order valence-corrected chi connectivity index (χ3v) is 4.04. The van der Waals surface area contributed by atoms with E-state index >= 15 is 0 Å². The quantitative estimate of drug-likeness (QED) is 0.883. The monoisotopic (exact) mass is 361 g/mol. The van der Waals surface area contributed by atoms with Crippen molar-refractivity contribution < 1.29 is 0 Å². The van der Waals surface area contributed by atoms with Gasteiger partial charge in [-0.05, 0) is 51.5 Å². The Hall–Kier alpha value is -0.920. The Labute approximate surface area is 129 Å². The molecule has 0 aliphatic heterocycles. The summed E-state index contributed by atoms with van der Waals surface area (Å²) in [5.74, 6) is 1.05. The number of hydrogen-bond donors (Lipinski definition) is 1. The summed E-state index contributed by atoms with van der Waals surface area (Å²) >= 11 is 11.0. The Morgan fingerprint density at radius 1 is 1.42 bits per heavy atom. The minimum Gasteiger partial charge on any atom is -0.354 e. The van der Waals surface area contributed by atoms with Crippen LogP contribution in [0.3, 0.4) is 0 Å². The summed E-state index contributed by atoms with van der Waals surface area (Å²) in [6.45, 7) is 3.43. The molecule has 0 aliphatic carbocycles. The first-order valence-corrected chi connectivity index (χ1v) is 7.73. The van der Waals surface area contributed by atoms with Gasteiger partial charge in [0.05, 0.1) is 3.79 Å². The molecule has 0 amide bonds. The molecule has 0 bridgehead atoms. The van der Waals surface area contributed by atoms with E-state index in [-0.39, 0.29) is 5.28 Å². The number of aromatic nitrogens is 3. The molecule has 19 heavy (non-hydrogen) atoms. The van der Waals surface area contributed by atoms with Crippen LogP contribution < -0.4 is 10.2 Å². The molecule has 2 aromatic rings. The molecular weight excluding hydrogens is 350 g/mol. The number of nitrogens with one attached hydrogen (secondary N) is 1. The Bertz CT molecular complexity index is 562. The SMILES string of the molecule is CCNc1nc(Cl)nc(N(C)Cc2csc(Br)c2)n1. The second-order valence-corrected chi connectivity index (χ2v) is 6.50. The molecule has 0 atom stereocenters. The zero-order chi connectivity index (χ0) is 13.8. The van der Waals surface area contributed by atoms with E-state index < -0.39 is 0 Å². The summed E-state index contributed by atoms with van der Waals surface area (Å²) in [6.07, 6.45) is 0. The average molecular weight is 363 g/mol. The van der Waals surface area contributed by atoms with Crippen molar-refractivity contribution in [3.8, 4) is 0 Å². The van der Waals surface area contributed by atoms with Gasteiger partial charge in [-0.2, -0.15) is 15.0 Å². The largest absolute Gasteiger partial charge is 0.354 e. The lowest BCUT2D eigenvalue weighted by Gasteiger charge is -2.16. The fourth-order valence-corrected chi connectivity index (χ4v) is 2.88. The van der Waals surface area contributed by atoms with Gasteiger partial charge in [-0.25, -0.2) is 0 Å². The topological polar surface area (TPSA) is 53.9 Å². The van der Waals surface area contributed by atoms with Crippen molar-refractivity contribution in [1.82, 2.24) is 15.0 Å². The molecule has 102 valence electrons. The van der Waals surface area contributed by atoms with Crippen LogP contribution in [0.5, 0.6) is 0 Å². The van der Waals surface area contributed by atoms with Crippen molar-refractivity contribution in [3.05, 3.63) is 26.1 Å². The van der Waals surface area contributed by atoms with Crippen molar-refractivity contribution in [3.63, 3.8) is 0 Å². The van der Waals surface area contributed by atoms with E-state index in [0.29, 0.717) is 18.4 Å². The highest BCUT2D eigenvalue weighted by atomic mass is 79.9. The number of hydrogen-bond acceptors (Lipinski definition) is 6. The van der Waals surface area contributed by atoms with Crippen LogP contribution in [0.1, 0.15) is 12.5 Å². The van der Waals surface area contributed by atoms with Crippen LogP contribution in [0, 0.1) is 0 Å².